The standard InChI is InChI=1S/C15H24N2O4/c1-15(2,10-13(19)20)9-12(18)17-14(21)16-8-7-11-5-3-4-6-11/h5H,3-4,6-10H2,1-2H3,(H,19,20)(H2,16,17,18,21). The second-order valence-electron chi connectivity index (χ2n) is 6.22. The Labute approximate surface area is 125 Å². The molecule has 0 aliphatic heterocycles. The zero-order valence-electron chi connectivity index (χ0n) is 12.7. The molecule has 0 saturated carbocycles. The van der Waals surface area contributed by atoms with Gasteiger partial charge in [0.05, 0.1) is 6.42 Å². The van der Waals surface area contributed by atoms with Crippen molar-refractivity contribution in [2.24, 2.45) is 5.41 Å². The van der Waals surface area contributed by atoms with Crippen molar-refractivity contribution >= 4 is 17.9 Å². The molecule has 0 atom stereocenters. The third kappa shape index (κ3) is 7.48. The number of carbonyl (C=O) groups excluding carboxylic acids is 2. The first-order chi connectivity index (χ1) is 9.78. The van der Waals surface area contributed by atoms with Crippen molar-refractivity contribution < 1.29 is 19.5 Å². The number of amides is 3. The van der Waals surface area contributed by atoms with Gasteiger partial charge in [-0.05, 0) is 31.1 Å². The van der Waals surface area contributed by atoms with Crippen molar-refractivity contribution in [3.05, 3.63) is 11.6 Å². The molecular weight excluding hydrogens is 272 g/mol. The largest absolute Gasteiger partial charge is 0.481 e. The summed E-state index contributed by atoms with van der Waals surface area (Å²) in [7, 11) is 0. The average molecular weight is 296 g/mol. The van der Waals surface area contributed by atoms with E-state index in [2.05, 4.69) is 16.7 Å². The fourth-order valence-corrected chi connectivity index (χ4v) is 2.42. The molecule has 0 unspecified atom stereocenters. The Morgan fingerprint density at radius 2 is 2.00 bits per heavy atom. The van der Waals surface area contributed by atoms with E-state index >= 15 is 0 Å². The summed E-state index contributed by atoms with van der Waals surface area (Å²) in [5.41, 5.74) is 0.675. The van der Waals surface area contributed by atoms with E-state index in [1.54, 1.807) is 13.8 Å². The molecule has 0 aromatic rings. The molecule has 0 aromatic carbocycles. The minimum atomic E-state index is -0.956. The van der Waals surface area contributed by atoms with E-state index in [0.29, 0.717) is 6.54 Å². The van der Waals surface area contributed by atoms with Crippen LogP contribution in [0.25, 0.3) is 0 Å². The number of aliphatic carboxylic acids is 1. The lowest BCUT2D eigenvalue weighted by Gasteiger charge is -2.21. The highest BCUT2D eigenvalue weighted by Crippen LogP contribution is 2.24. The molecule has 1 aliphatic rings. The molecule has 0 radical (unpaired) electrons. The molecule has 0 bridgehead atoms. The maximum atomic E-state index is 11.7. The Balaban J connectivity index is 2.23. The van der Waals surface area contributed by atoms with Gasteiger partial charge >= 0.3 is 12.0 Å². The number of rotatable bonds is 7. The number of imide groups is 1. The Morgan fingerprint density at radius 3 is 2.57 bits per heavy atom. The smallest absolute Gasteiger partial charge is 0.321 e. The maximum Gasteiger partial charge on any atom is 0.321 e. The van der Waals surface area contributed by atoms with Crippen LogP contribution in [0.1, 0.15) is 52.4 Å². The molecule has 0 spiro atoms. The van der Waals surface area contributed by atoms with Crippen molar-refractivity contribution in [1.29, 1.82) is 0 Å². The zero-order chi connectivity index (χ0) is 15.9. The van der Waals surface area contributed by atoms with Crippen LogP contribution in [0.15, 0.2) is 11.6 Å². The number of allylic oxidation sites excluding steroid dienone is 1. The molecule has 0 heterocycles. The lowest BCUT2D eigenvalue weighted by molar-refractivity contribution is -0.139. The number of hydrogen-bond donors (Lipinski definition) is 3. The highest BCUT2D eigenvalue weighted by molar-refractivity contribution is 5.94. The van der Waals surface area contributed by atoms with Gasteiger partial charge in [-0.1, -0.05) is 25.5 Å². The minimum Gasteiger partial charge on any atom is -0.481 e. The summed E-state index contributed by atoms with van der Waals surface area (Å²) >= 11 is 0. The summed E-state index contributed by atoms with van der Waals surface area (Å²) in [6.07, 6.45) is 6.27. The van der Waals surface area contributed by atoms with Crippen LogP contribution >= 0.6 is 0 Å². The molecule has 1 rings (SSSR count). The Bertz CT molecular complexity index is 441. The van der Waals surface area contributed by atoms with Gasteiger partial charge in [0.25, 0.3) is 0 Å². The summed E-state index contributed by atoms with van der Waals surface area (Å²) in [4.78, 5) is 33.9. The third-order valence-corrected chi connectivity index (χ3v) is 3.39. The number of carboxylic acid groups (broad SMARTS) is 1. The van der Waals surface area contributed by atoms with E-state index < -0.39 is 23.3 Å². The van der Waals surface area contributed by atoms with Crippen LogP contribution in [0.5, 0.6) is 0 Å². The van der Waals surface area contributed by atoms with Crippen LogP contribution in [0, 0.1) is 5.41 Å². The van der Waals surface area contributed by atoms with Crippen LogP contribution in [0.2, 0.25) is 0 Å². The summed E-state index contributed by atoms with van der Waals surface area (Å²) < 4.78 is 0. The Morgan fingerprint density at radius 1 is 1.29 bits per heavy atom. The molecule has 0 fully saturated rings. The number of hydrogen-bond acceptors (Lipinski definition) is 3. The maximum absolute atomic E-state index is 11.7. The first-order valence-electron chi connectivity index (χ1n) is 7.26. The highest BCUT2D eigenvalue weighted by atomic mass is 16.4. The molecule has 21 heavy (non-hydrogen) atoms. The molecule has 3 N–H and O–H groups in total. The monoisotopic (exact) mass is 296 g/mol. The summed E-state index contributed by atoms with van der Waals surface area (Å²) in [6.45, 7) is 3.87. The predicted octanol–water partition coefficient (Wildman–Crippen LogP) is 2.20. The van der Waals surface area contributed by atoms with Crippen molar-refractivity contribution in [2.75, 3.05) is 6.54 Å². The molecule has 6 nitrogen and oxygen atoms in total. The second kappa shape index (κ2) is 7.81. The van der Waals surface area contributed by atoms with Gasteiger partial charge in [-0.3, -0.25) is 14.9 Å². The van der Waals surface area contributed by atoms with E-state index in [1.165, 1.54) is 12.0 Å². The van der Waals surface area contributed by atoms with E-state index in [0.717, 1.165) is 19.3 Å². The Kier molecular flexibility index (Phi) is 6.39. The van der Waals surface area contributed by atoms with E-state index in [1.807, 2.05) is 0 Å². The van der Waals surface area contributed by atoms with Gasteiger partial charge in [0.2, 0.25) is 5.91 Å². The summed E-state index contributed by atoms with van der Waals surface area (Å²) in [5, 5.41) is 13.6. The average Bonchev–Trinajstić information content (AvgIpc) is 2.78. The van der Waals surface area contributed by atoms with Crippen LogP contribution in [-0.2, 0) is 9.59 Å². The molecule has 3 amide bonds. The van der Waals surface area contributed by atoms with Gasteiger partial charge in [-0.2, -0.15) is 0 Å². The molecular formula is C15H24N2O4. The lowest BCUT2D eigenvalue weighted by Crippen LogP contribution is -2.41. The quantitative estimate of drug-likeness (QED) is 0.628. The first kappa shape index (κ1) is 17.2. The van der Waals surface area contributed by atoms with Gasteiger partial charge < -0.3 is 10.4 Å². The second-order valence-corrected chi connectivity index (χ2v) is 6.22. The molecule has 0 aromatic heterocycles. The fraction of sp³-hybridized carbons (Fsp3) is 0.667. The van der Waals surface area contributed by atoms with Crippen LogP contribution in [0.4, 0.5) is 4.79 Å². The molecule has 0 saturated heterocycles. The van der Waals surface area contributed by atoms with Crippen molar-refractivity contribution in [3.63, 3.8) is 0 Å². The van der Waals surface area contributed by atoms with Gasteiger partial charge in [0.1, 0.15) is 0 Å². The van der Waals surface area contributed by atoms with Gasteiger partial charge in [0.15, 0.2) is 0 Å². The number of carbonyl (C=O) groups is 3. The number of urea groups is 1. The molecule has 118 valence electrons. The molecule has 6 heteroatoms. The van der Waals surface area contributed by atoms with Crippen LogP contribution in [0.3, 0.4) is 0 Å². The van der Waals surface area contributed by atoms with Crippen LogP contribution < -0.4 is 10.6 Å². The highest BCUT2D eigenvalue weighted by Gasteiger charge is 2.25. The van der Waals surface area contributed by atoms with Crippen LogP contribution in [-0.4, -0.2) is 29.6 Å². The lowest BCUT2D eigenvalue weighted by atomic mass is 9.85. The van der Waals surface area contributed by atoms with Gasteiger partial charge in [-0.15, -0.1) is 0 Å². The molecule has 1 aliphatic carbocycles. The van der Waals surface area contributed by atoms with E-state index in [4.69, 9.17) is 5.11 Å². The predicted molar refractivity (Wildman–Crippen MR) is 78.7 cm³/mol. The van der Waals surface area contributed by atoms with E-state index in [-0.39, 0.29) is 12.8 Å². The third-order valence-electron chi connectivity index (χ3n) is 3.39. The fourth-order valence-electron chi connectivity index (χ4n) is 2.42. The normalized spacial score (nSPS) is 14.5. The summed E-state index contributed by atoms with van der Waals surface area (Å²) in [6, 6.07) is -0.523. The van der Waals surface area contributed by atoms with Crippen molar-refractivity contribution in [1.82, 2.24) is 10.6 Å². The topological polar surface area (TPSA) is 95.5 Å². The first-order valence-corrected chi connectivity index (χ1v) is 7.26. The SMILES string of the molecule is CC(C)(CC(=O)O)CC(=O)NC(=O)NCCC1=CCCC1. The van der Waals surface area contributed by atoms with Crippen molar-refractivity contribution in [3.8, 4) is 0 Å². The zero-order valence-corrected chi connectivity index (χ0v) is 12.7. The number of nitrogens with one attached hydrogen (secondary N) is 2. The minimum absolute atomic E-state index is 0.00211. The van der Waals surface area contributed by atoms with Gasteiger partial charge in [0, 0.05) is 13.0 Å². The van der Waals surface area contributed by atoms with Crippen molar-refractivity contribution in [2.45, 2.75) is 52.4 Å². The Hall–Kier alpha value is -1.85. The van der Waals surface area contributed by atoms with E-state index in [9.17, 15) is 14.4 Å². The number of carboxylic acids is 1. The summed E-state index contributed by atoms with van der Waals surface area (Å²) in [5.74, 6) is -1.42. The van der Waals surface area contributed by atoms with Gasteiger partial charge in [-0.25, -0.2) is 4.79 Å².